The molecule has 2 fully saturated rings. The maximum Gasteiger partial charge on any atom is 0.249 e. The number of hydrogen-bond acceptors (Lipinski definition) is 6. The van der Waals surface area contributed by atoms with Crippen LogP contribution >= 0.6 is 0 Å². The van der Waals surface area contributed by atoms with Crippen LogP contribution < -0.4 is 5.32 Å². The predicted molar refractivity (Wildman–Crippen MR) is 120 cm³/mol. The van der Waals surface area contributed by atoms with Crippen LogP contribution in [0, 0.1) is 5.92 Å². The van der Waals surface area contributed by atoms with Crippen molar-refractivity contribution in [1.82, 2.24) is 19.7 Å². The summed E-state index contributed by atoms with van der Waals surface area (Å²) >= 11 is 0. The van der Waals surface area contributed by atoms with Gasteiger partial charge < -0.3 is 4.90 Å². The first-order valence-electron chi connectivity index (χ1n) is 11.2. The number of nitrogens with zero attached hydrogens (tertiary/aromatic N) is 4. The molecule has 1 aromatic heterocycles. The molecule has 3 heterocycles. The molecule has 1 aromatic carbocycles. The van der Waals surface area contributed by atoms with Gasteiger partial charge in [-0.3, -0.25) is 14.9 Å². The first kappa shape index (κ1) is 22.4. The molecule has 9 nitrogen and oxygen atoms in total. The highest BCUT2D eigenvalue weighted by Crippen LogP contribution is 2.26. The zero-order valence-corrected chi connectivity index (χ0v) is 19.1. The number of aromatic nitrogens is 3. The molecule has 2 atom stereocenters. The van der Waals surface area contributed by atoms with Crippen molar-refractivity contribution in [3.63, 3.8) is 0 Å². The average Bonchev–Trinajstić information content (AvgIpc) is 3.36. The molecule has 2 aromatic rings. The summed E-state index contributed by atoms with van der Waals surface area (Å²) in [5.74, 6) is 0.481. The summed E-state index contributed by atoms with van der Waals surface area (Å²) in [7, 11) is -3.04. The fraction of sp³-hybridized carbons (Fsp3) is 0.545. The summed E-state index contributed by atoms with van der Waals surface area (Å²) in [6.07, 6.45) is 2.94. The van der Waals surface area contributed by atoms with Gasteiger partial charge in [-0.05, 0) is 38.5 Å². The Bertz CT molecular complexity index is 1080. The Morgan fingerprint density at radius 2 is 1.94 bits per heavy atom. The van der Waals surface area contributed by atoms with E-state index in [0.717, 1.165) is 18.4 Å². The lowest BCUT2D eigenvalue weighted by molar-refractivity contribution is -0.141. The van der Waals surface area contributed by atoms with Crippen molar-refractivity contribution in [1.29, 1.82) is 0 Å². The molecule has 2 aliphatic rings. The van der Waals surface area contributed by atoms with Crippen molar-refractivity contribution in [2.45, 2.75) is 51.6 Å². The lowest BCUT2D eigenvalue weighted by Gasteiger charge is -2.35. The Kier molecular flexibility index (Phi) is 6.59. The molecule has 0 saturated carbocycles. The molecule has 172 valence electrons. The summed E-state index contributed by atoms with van der Waals surface area (Å²) in [5.41, 5.74) is 0.906. The molecule has 4 rings (SSSR count). The van der Waals surface area contributed by atoms with Gasteiger partial charge >= 0.3 is 0 Å². The van der Waals surface area contributed by atoms with E-state index in [9.17, 15) is 18.0 Å². The SMILES string of the molecule is CCn1nc(NC(=O)C2CCCCN2C(=O)CC2CCS(=O)(=O)C2)nc1-c1ccccc1. The molecule has 2 amide bonds. The van der Waals surface area contributed by atoms with Crippen molar-refractivity contribution >= 4 is 27.6 Å². The van der Waals surface area contributed by atoms with E-state index in [1.807, 2.05) is 37.3 Å². The first-order valence-corrected chi connectivity index (χ1v) is 13.0. The number of carbonyl (C=O) groups excluding carboxylic acids is 2. The molecule has 2 aliphatic heterocycles. The minimum absolute atomic E-state index is 0.0596. The molecule has 0 aliphatic carbocycles. The van der Waals surface area contributed by atoms with Crippen LogP contribution in [0.5, 0.6) is 0 Å². The number of piperidine rings is 1. The largest absolute Gasteiger partial charge is 0.331 e. The zero-order chi connectivity index (χ0) is 22.7. The molecule has 0 bridgehead atoms. The van der Waals surface area contributed by atoms with E-state index in [0.29, 0.717) is 31.8 Å². The summed E-state index contributed by atoms with van der Waals surface area (Å²) in [4.78, 5) is 32.1. The van der Waals surface area contributed by atoms with Gasteiger partial charge in [0.15, 0.2) is 15.7 Å². The van der Waals surface area contributed by atoms with Crippen LogP contribution in [0.1, 0.15) is 39.0 Å². The number of aryl methyl sites for hydroxylation is 1. The summed E-state index contributed by atoms with van der Waals surface area (Å²) in [5, 5.41) is 7.21. The van der Waals surface area contributed by atoms with Gasteiger partial charge in [0.05, 0.1) is 11.5 Å². The van der Waals surface area contributed by atoms with E-state index < -0.39 is 15.9 Å². The van der Waals surface area contributed by atoms with Crippen molar-refractivity contribution in [3.8, 4) is 11.4 Å². The van der Waals surface area contributed by atoms with E-state index in [1.54, 1.807) is 9.58 Å². The van der Waals surface area contributed by atoms with Crippen LogP contribution in [0.25, 0.3) is 11.4 Å². The number of amides is 2. The Morgan fingerprint density at radius 3 is 2.62 bits per heavy atom. The molecule has 32 heavy (non-hydrogen) atoms. The van der Waals surface area contributed by atoms with Gasteiger partial charge in [-0.2, -0.15) is 4.98 Å². The Labute approximate surface area is 188 Å². The van der Waals surface area contributed by atoms with E-state index in [1.165, 1.54) is 0 Å². The number of benzene rings is 1. The summed E-state index contributed by atoms with van der Waals surface area (Å²) in [6.45, 7) is 3.06. The zero-order valence-electron chi connectivity index (χ0n) is 18.2. The second-order valence-electron chi connectivity index (χ2n) is 8.50. The van der Waals surface area contributed by atoms with Gasteiger partial charge in [0.2, 0.25) is 17.8 Å². The predicted octanol–water partition coefficient (Wildman–Crippen LogP) is 2.11. The third-order valence-electron chi connectivity index (χ3n) is 6.15. The minimum atomic E-state index is -3.04. The number of nitrogens with one attached hydrogen (secondary N) is 1. The maximum absolute atomic E-state index is 13.1. The Balaban J connectivity index is 1.46. The van der Waals surface area contributed by atoms with Gasteiger partial charge in [-0.1, -0.05) is 30.3 Å². The van der Waals surface area contributed by atoms with Crippen LogP contribution in [0.15, 0.2) is 30.3 Å². The summed E-state index contributed by atoms with van der Waals surface area (Å²) in [6, 6.07) is 9.04. The number of carbonyl (C=O) groups is 2. The fourth-order valence-electron chi connectivity index (χ4n) is 4.51. The van der Waals surface area contributed by atoms with Gasteiger partial charge in [0.25, 0.3) is 0 Å². The first-order chi connectivity index (χ1) is 15.4. The van der Waals surface area contributed by atoms with Crippen molar-refractivity contribution in [2.24, 2.45) is 5.92 Å². The quantitative estimate of drug-likeness (QED) is 0.708. The lowest BCUT2D eigenvalue weighted by atomic mass is 9.98. The Hall–Kier alpha value is -2.75. The smallest absolute Gasteiger partial charge is 0.249 e. The number of anilines is 1. The highest BCUT2D eigenvalue weighted by Gasteiger charge is 2.36. The van der Waals surface area contributed by atoms with Crippen LogP contribution in [0.4, 0.5) is 5.95 Å². The molecule has 1 N–H and O–H groups in total. The second-order valence-corrected chi connectivity index (χ2v) is 10.7. The Morgan fingerprint density at radius 1 is 1.16 bits per heavy atom. The van der Waals surface area contributed by atoms with Gasteiger partial charge in [-0.25, -0.2) is 13.1 Å². The highest BCUT2D eigenvalue weighted by molar-refractivity contribution is 7.91. The summed E-state index contributed by atoms with van der Waals surface area (Å²) < 4.78 is 25.2. The van der Waals surface area contributed by atoms with Crippen LogP contribution in [0.2, 0.25) is 0 Å². The lowest BCUT2D eigenvalue weighted by Crippen LogP contribution is -2.50. The van der Waals surface area contributed by atoms with E-state index >= 15 is 0 Å². The van der Waals surface area contributed by atoms with Gasteiger partial charge in [0, 0.05) is 25.1 Å². The molecular formula is C22H29N5O4S. The molecule has 2 unspecified atom stereocenters. The second kappa shape index (κ2) is 9.40. The van der Waals surface area contributed by atoms with Crippen molar-refractivity contribution in [3.05, 3.63) is 30.3 Å². The van der Waals surface area contributed by atoms with Crippen LogP contribution in [-0.2, 0) is 26.0 Å². The van der Waals surface area contributed by atoms with Gasteiger partial charge in [0.1, 0.15) is 6.04 Å². The number of hydrogen-bond donors (Lipinski definition) is 1. The number of sulfone groups is 1. The van der Waals surface area contributed by atoms with Crippen LogP contribution in [-0.4, -0.2) is 64.0 Å². The molecule has 2 saturated heterocycles. The fourth-order valence-corrected chi connectivity index (χ4v) is 6.37. The maximum atomic E-state index is 13.1. The van der Waals surface area contributed by atoms with Crippen LogP contribution in [0.3, 0.4) is 0 Å². The molecule has 0 radical (unpaired) electrons. The van der Waals surface area contributed by atoms with E-state index in [2.05, 4.69) is 15.4 Å². The van der Waals surface area contributed by atoms with Crippen molar-refractivity contribution < 1.29 is 18.0 Å². The van der Waals surface area contributed by atoms with Gasteiger partial charge in [-0.15, -0.1) is 5.10 Å². The topological polar surface area (TPSA) is 114 Å². The van der Waals surface area contributed by atoms with Crippen molar-refractivity contribution in [2.75, 3.05) is 23.4 Å². The number of rotatable bonds is 6. The van der Waals surface area contributed by atoms with E-state index in [4.69, 9.17) is 0 Å². The monoisotopic (exact) mass is 459 g/mol. The third kappa shape index (κ3) is 5.01. The molecular weight excluding hydrogens is 430 g/mol. The normalized spacial score (nSPS) is 22.6. The van der Waals surface area contributed by atoms with E-state index in [-0.39, 0.29) is 41.6 Å². The molecule has 10 heteroatoms. The number of likely N-dealkylation sites (tertiary alicyclic amines) is 1. The standard InChI is InChI=1S/C22H29N5O4S/c1-2-27-20(17-8-4-3-5-9-17)23-22(25-27)24-21(29)18-10-6-7-12-26(18)19(28)14-16-11-13-32(30,31)15-16/h3-5,8-9,16,18H,2,6-7,10-15H2,1H3,(H,24,25,29). The molecule has 0 spiro atoms. The minimum Gasteiger partial charge on any atom is -0.331 e. The highest BCUT2D eigenvalue weighted by atomic mass is 32.2. The third-order valence-corrected chi connectivity index (χ3v) is 7.99. The average molecular weight is 460 g/mol.